The molecule has 0 atom stereocenters. The van der Waals surface area contributed by atoms with E-state index < -0.39 is 10.8 Å². The number of carbonyl (C=O) groups excluding carboxylic acids is 1. The molecule has 26 heavy (non-hydrogen) atoms. The SMILES string of the molecule is CCn1c(-c2ccccc2)c(C)sc1=NC(=O)c1cccc([N+](=O)[O-])c1. The molecule has 0 saturated heterocycles. The Balaban J connectivity index is 2.08. The van der Waals surface area contributed by atoms with Crippen LogP contribution in [0.3, 0.4) is 0 Å². The predicted octanol–water partition coefficient (Wildman–Crippen LogP) is 4.19. The van der Waals surface area contributed by atoms with Crippen LogP contribution in [0.15, 0.2) is 59.6 Å². The van der Waals surface area contributed by atoms with Gasteiger partial charge in [-0.3, -0.25) is 14.9 Å². The summed E-state index contributed by atoms with van der Waals surface area (Å²) in [7, 11) is 0. The summed E-state index contributed by atoms with van der Waals surface area (Å²) in [5.41, 5.74) is 2.17. The maximum Gasteiger partial charge on any atom is 0.279 e. The lowest BCUT2D eigenvalue weighted by Gasteiger charge is -2.07. The molecular weight excluding hydrogens is 350 g/mol. The van der Waals surface area contributed by atoms with Crippen LogP contribution in [0.1, 0.15) is 22.2 Å². The zero-order valence-corrected chi connectivity index (χ0v) is 15.2. The van der Waals surface area contributed by atoms with Crippen LogP contribution in [-0.2, 0) is 6.54 Å². The summed E-state index contributed by atoms with van der Waals surface area (Å²) in [5.74, 6) is -0.489. The van der Waals surface area contributed by atoms with Crippen LogP contribution in [0.4, 0.5) is 5.69 Å². The number of hydrogen-bond donors (Lipinski definition) is 0. The molecule has 0 radical (unpaired) electrons. The summed E-state index contributed by atoms with van der Waals surface area (Å²) in [6, 6.07) is 15.6. The molecule has 3 aromatic rings. The van der Waals surface area contributed by atoms with Gasteiger partial charge in [0, 0.05) is 29.1 Å². The van der Waals surface area contributed by atoms with Gasteiger partial charge in [0.1, 0.15) is 0 Å². The van der Waals surface area contributed by atoms with E-state index in [0.29, 0.717) is 11.3 Å². The normalized spacial score (nSPS) is 11.5. The summed E-state index contributed by atoms with van der Waals surface area (Å²) >= 11 is 1.44. The van der Waals surface area contributed by atoms with E-state index in [1.807, 2.05) is 48.7 Å². The molecule has 3 rings (SSSR count). The smallest absolute Gasteiger partial charge is 0.279 e. The molecule has 0 unspecified atom stereocenters. The Kier molecular flexibility index (Phi) is 5.09. The lowest BCUT2D eigenvalue weighted by atomic mass is 10.1. The third kappa shape index (κ3) is 3.48. The first-order valence-electron chi connectivity index (χ1n) is 8.10. The first-order valence-corrected chi connectivity index (χ1v) is 8.92. The van der Waals surface area contributed by atoms with Gasteiger partial charge in [0.15, 0.2) is 4.80 Å². The second-order valence-electron chi connectivity index (χ2n) is 5.62. The highest BCUT2D eigenvalue weighted by Gasteiger charge is 2.14. The molecule has 132 valence electrons. The lowest BCUT2D eigenvalue weighted by Crippen LogP contribution is -2.17. The van der Waals surface area contributed by atoms with Crippen molar-refractivity contribution in [3.8, 4) is 11.3 Å². The Morgan fingerprint density at radius 1 is 1.19 bits per heavy atom. The van der Waals surface area contributed by atoms with Crippen molar-refractivity contribution in [1.29, 1.82) is 0 Å². The molecule has 1 heterocycles. The number of hydrogen-bond acceptors (Lipinski definition) is 4. The van der Waals surface area contributed by atoms with Gasteiger partial charge in [0.05, 0.1) is 10.6 Å². The number of nitro benzene ring substituents is 1. The lowest BCUT2D eigenvalue weighted by molar-refractivity contribution is -0.384. The Hall–Kier alpha value is -3.06. The number of nitro groups is 1. The van der Waals surface area contributed by atoms with E-state index in [-0.39, 0.29) is 11.3 Å². The van der Waals surface area contributed by atoms with E-state index in [1.54, 1.807) is 0 Å². The average molecular weight is 367 g/mol. The van der Waals surface area contributed by atoms with Gasteiger partial charge in [-0.05, 0) is 25.5 Å². The molecule has 0 N–H and O–H groups in total. The van der Waals surface area contributed by atoms with Crippen molar-refractivity contribution in [2.24, 2.45) is 4.99 Å². The number of aryl methyl sites for hydroxylation is 1. The van der Waals surface area contributed by atoms with Crippen molar-refractivity contribution in [2.45, 2.75) is 20.4 Å². The van der Waals surface area contributed by atoms with E-state index in [0.717, 1.165) is 16.1 Å². The van der Waals surface area contributed by atoms with Crippen molar-refractivity contribution in [1.82, 2.24) is 4.57 Å². The molecule has 0 aliphatic rings. The molecule has 0 aliphatic carbocycles. The van der Waals surface area contributed by atoms with Gasteiger partial charge < -0.3 is 4.57 Å². The van der Waals surface area contributed by atoms with E-state index in [1.165, 1.54) is 35.6 Å². The number of aromatic nitrogens is 1. The highest BCUT2D eigenvalue weighted by atomic mass is 32.1. The second kappa shape index (κ2) is 7.45. The summed E-state index contributed by atoms with van der Waals surface area (Å²) in [6.07, 6.45) is 0. The molecule has 0 spiro atoms. The van der Waals surface area contributed by atoms with Gasteiger partial charge >= 0.3 is 0 Å². The monoisotopic (exact) mass is 367 g/mol. The van der Waals surface area contributed by atoms with Crippen molar-refractivity contribution in [3.05, 3.63) is 80.0 Å². The highest BCUT2D eigenvalue weighted by Crippen LogP contribution is 2.25. The fourth-order valence-corrected chi connectivity index (χ4v) is 3.82. The maximum absolute atomic E-state index is 12.5. The van der Waals surface area contributed by atoms with Crippen LogP contribution in [-0.4, -0.2) is 15.4 Å². The van der Waals surface area contributed by atoms with Crippen LogP contribution in [0.5, 0.6) is 0 Å². The third-order valence-electron chi connectivity index (χ3n) is 3.94. The largest absolute Gasteiger partial charge is 0.316 e. The molecule has 2 aromatic carbocycles. The molecule has 1 aromatic heterocycles. The van der Waals surface area contributed by atoms with Gasteiger partial charge in [-0.15, -0.1) is 11.3 Å². The number of thiazole rings is 1. The number of amides is 1. The maximum atomic E-state index is 12.5. The number of rotatable bonds is 4. The fraction of sp³-hybridized carbons (Fsp3) is 0.158. The number of nitrogens with zero attached hydrogens (tertiary/aromatic N) is 3. The van der Waals surface area contributed by atoms with Gasteiger partial charge in [0.2, 0.25) is 0 Å². The Bertz CT molecular complexity index is 1040. The van der Waals surface area contributed by atoms with Crippen molar-refractivity contribution in [3.63, 3.8) is 0 Å². The summed E-state index contributed by atoms with van der Waals surface area (Å²) in [5, 5.41) is 10.9. The average Bonchev–Trinajstić information content (AvgIpc) is 2.97. The van der Waals surface area contributed by atoms with E-state index in [9.17, 15) is 14.9 Å². The Morgan fingerprint density at radius 3 is 2.58 bits per heavy atom. The topological polar surface area (TPSA) is 77.5 Å². The zero-order valence-electron chi connectivity index (χ0n) is 14.4. The minimum atomic E-state index is -0.522. The molecule has 7 heteroatoms. The Morgan fingerprint density at radius 2 is 1.92 bits per heavy atom. The molecule has 0 saturated carbocycles. The molecule has 1 amide bonds. The number of non-ortho nitro benzene ring substituents is 1. The van der Waals surface area contributed by atoms with Crippen molar-refractivity contribution < 1.29 is 9.72 Å². The Labute approximate surface area is 154 Å². The van der Waals surface area contributed by atoms with Gasteiger partial charge in [-0.1, -0.05) is 36.4 Å². The van der Waals surface area contributed by atoms with Crippen molar-refractivity contribution >= 4 is 22.9 Å². The highest BCUT2D eigenvalue weighted by molar-refractivity contribution is 7.09. The predicted molar refractivity (Wildman–Crippen MR) is 101 cm³/mol. The molecule has 0 aliphatic heterocycles. The van der Waals surface area contributed by atoms with Crippen molar-refractivity contribution in [2.75, 3.05) is 0 Å². The molecular formula is C19H17N3O3S. The van der Waals surface area contributed by atoms with Crippen LogP contribution >= 0.6 is 11.3 Å². The van der Waals surface area contributed by atoms with E-state index in [4.69, 9.17) is 0 Å². The van der Waals surface area contributed by atoms with E-state index in [2.05, 4.69) is 4.99 Å². The summed E-state index contributed by atoms with van der Waals surface area (Å²) < 4.78 is 1.99. The zero-order chi connectivity index (χ0) is 18.7. The minimum absolute atomic E-state index is 0.123. The molecule has 0 bridgehead atoms. The number of carbonyl (C=O) groups is 1. The molecule has 6 nitrogen and oxygen atoms in total. The quantitative estimate of drug-likeness (QED) is 0.512. The number of benzene rings is 2. The standard InChI is InChI=1S/C19H17N3O3S/c1-3-21-17(14-8-5-4-6-9-14)13(2)26-19(21)20-18(23)15-10-7-11-16(12-15)22(24)25/h4-12H,3H2,1-2H3. The first-order chi connectivity index (χ1) is 12.5. The summed E-state index contributed by atoms with van der Waals surface area (Å²) in [6.45, 7) is 4.65. The van der Waals surface area contributed by atoms with Gasteiger partial charge in [0.25, 0.3) is 11.6 Å². The van der Waals surface area contributed by atoms with Gasteiger partial charge in [-0.2, -0.15) is 4.99 Å². The van der Waals surface area contributed by atoms with Crippen LogP contribution in [0, 0.1) is 17.0 Å². The van der Waals surface area contributed by atoms with E-state index >= 15 is 0 Å². The van der Waals surface area contributed by atoms with Crippen LogP contribution in [0.25, 0.3) is 11.3 Å². The minimum Gasteiger partial charge on any atom is -0.316 e. The first kappa shape index (κ1) is 17.8. The third-order valence-corrected chi connectivity index (χ3v) is 4.94. The second-order valence-corrected chi connectivity index (χ2v) is 6.81. The summed E-state index contributed by atoms with van der Waals surface area (Å²) in [4.78, 5) is 28.8. The fourth-order valence-electron chi connectivity index (χ4n) is 2.76. The van der Waals surface area contributed by atoms with Crippen LogP contribution in [0.2, 0.25) is 0 Å². The van der Waals surface area contributed by atoms with Crippen LogP contribution < -0.4 is 4.80 Å². The molecule has 0 fully saturated rings. The van der Waals surface area contributed by atoms with Gasteiger partial charge in [-0.25, -0.2) is 0 Å².